The van der Waals surface area contributed by atoms with E-state index in [4.69, 9.17) is 4.98 Å². The van der Waals surface area contributed by atoms with Crippen LogP contribution in [0.5, 0.6) is 5.75 Å². The normalized spacial score (nSPS) is 11.1. The summed E-state index contributed by atoms with van der Waals surface area (Å²) in [4.78, 5) is 19.5. The van der Waals surface area contributed by atoms with Crippen LogP contribution in [0.15, 0.2) is 76.9 Å². The smallest absolute Gasteiger partial charge is 0.266 e. The maximum atomic E-state index is 13.7. The summed E-state index contributed by atoms with van der Waals surface area (Å²) < 4.78 is 1.66. The predicted molar refractivity (Wildman–Crippen MR) is 149 cm³/mol. The minimum atomic E-state index is -0.126. The summed E-state index contributed by atoms with van der Waals surface area (Å²) in [5, 5.41) is 12.7. The van der Waals surface area contributed by atoms with E-state index in [0.717, 1.165) is 38.4 Å². The quantitative estimate of drug-likeness (QED) is 0.289. The van der Waals surface area contributed by atoms with Crippen LogP contribution < -0.4 is 5.56 Å². The molecule has 2 aromatic heterocycles. The molecule has 0 saturated carbocycles. The molecule has 0 atom stereocenters. The summed E-state index contributed by atoms with van der Waals surface area (Å²) in [6.45, 7) is 5.72. The molecule has 0 spiro atoms. The highest BCUT2D eigenvalue weighted by atomic mass is 32.1. The van der Waals surface area contributed by atoms with Crippen LogP contribution in [0.25, 0.3) is 28.7 Å². The van der Waals surface area contributed by atoms with Crippen molar-refractivity contribution < 1.29 is 5.11 Å². The maximum absolute atomic E-state index is 13.7. The van der Waals surface area contributed by atoms with Gasteiger partial charge in [-0.2, -0.15) is 0 Å². The number of aromatic hydroxyl groups is 1. The topological polar surface area (TPSA) is 55.1 Å². The number of phenols is 1. The Bertz CT molecular complexity index is 1730. The molecule has 0 amide bonds. The highest BCUT2D eigenvalue weighted by Crippen LogP contribution is 2.25. The molecule has 0 unspecified atom stereocenters. The van der Waals surface area contributed by atoms with Gasteiger partial charge in [0.1, 0.15) is 11.6 Å². The summed E-state index contributed by atoms with van der Waals surface area (Å²) in [5.41, 5.74) is 5.62. The molecular formula is C31H24N2O2S. The van der Waals surface area contributed by atoms with E-state index < -0.39 is 0 Å². The molecule has 2 heterocycles. The second-order valence-corrected chi connectivity index (χ2v) is 9.64. The lowest BCUT2D eigenvalue weighted by molar-refractivity contribution is 0.467. The molecule has 0 fully saturated rings. The lowest BCUT2D eigenvalue weighted by Gasteiger charge is -2.14. The summed E-state index contributed by atoms with van der Waals surface area (Å²) in [7, 11) is 0. The minimum Gasteiger partial charge on any atom is -0.507 e. The molecule has 5 rings (SSSR count). The number of rotatable bonds is 3. The number of phenolic OH excluding ortho intramolecular Hbond substituents is 1. The van der Waals surface area contributed by atoms with E-state index in [9.17, 15) is 9.90 Å². The minimum absolute atomic E-state index is 0.126. The van der Waals surface area contributed by atoms with Crippen LogP contribution in [0.4, 0.5) is 0 Å². The second-order valence-electron chi connectivity index (χ2n) is 8.69. The van der Waals surface area contributed by atoms with E-state index in [1.165, 1.54) is 0 Å². The summed E-state index contributed by atoms with van der Waals surface area (Å²) in [5.74, 6) is 7.22. The fourth-order valence-electron chi connectivity index (χ4n) is 4.22. The van der Waals surface area contributed by atoms with Gasteiger partial charge in [-0.15, -0.1) is 11.3 Å². The van der Waals surface area contributed by atoms with Crippen molar-refractivity contribution in [3.8, 4) is 23.3 Å². The van der Waals surface area contributed by atoms with Crippen LogP contribution in [0.1, 0.15) is 38.5 Å². The molecule has 0 aliphatic heterocycles. The first-order valence-corrected chi connectivity index (χ1v) is 12.5. The molecular weight excluding hydrogens is 464 g/mol. The number of aromatic nitrogens is 2. The predicted octanol–water partition coefficient (Wildman–Crippen LogP) is 6.65. The molecule has 0 radical (unpaired) electrons. The van der Waals surface area contributed by atoms with Gasteiger partial charge in [-0.05, 0) is 103 Å². The average molecular weight is 489 g/mol. The highest BCUT2D eigenvalue weighted by molar-refractivity contribution is 7.10. The monoisotopic (exact) mass is 488 g/mol. The van der Waals surface area contributed by atoms with E-state index in [1.807, 2.05) is 99.0 Å². The van der Waals surface area contributed by atoms with E-state index in [0.29, 0.717) is 22.5 Å². The highest BCUT2D eigenvalue weighted by Gasteiger charge is 2.13. The van der Waals surface area contributed by atoms with Crippen molar-refractivity contribution in [1.29, 1.82) is 0 Å². The molecule has 36 heavy (non-hydrogen) atoms. The molecule has 0 bridgehead atoms. The van der Waals surface area contributed by atoms with Gasteiger partial charge in [-0.1, -0.05) is 36.1 Å². The number of nitrogens with zero attached hydrogens (tertiary/aromatic N) is 2. The van der Waals surface area contributed by atoms with Gasteiger partial charge in [0.05, 0.1) is 21.5 Å². The Hall–Kier alpha value is -4.40. The maximum Gasteiger partial charge on any atom is 0.266 e. The van der Waals surface area contributed by atoms with Crippen LogP contribution in [0.3, 0.4) is 0 Å². The van der Waals surface area contributed by atoms with E-state index >= 15 is 0 Å². The molecule has 4 nitrogen and oxygen atoms in total. The fourth-order valence-corrected chi connectivity index (χ4v) is 4.79. The van der Waals surface area contributed by atoms with Crippen molar-refractivity contribution in [1.82, 2.24) is 9.55 Å². The average Bonchev–Trinajstić information content (AvgIpc) is 3.39. The van der Waals surface area contributed by atoms with Gasteiger partial charge in [0.15, 0.2) is 0 Å². The van der Waals surface area contributed by atoms with Crippen LogP contribution >= 0.6 is 11.3 Å². The number of benzene rings is 3. The van der Waals surface area contributed by atoms with Gasteiger partial charge < -0.3 is 5.11 Å². The first kappa shape index (κ1) is 23.3. The first-order valence-electron chi connectivity index (χ1n) is 11.6. The molecule has 5 heteroatoms. The van der Waals surface area contributed by atoms with Crippen LogP contribution in [0, 0.1) is 32.6 Å². The lowest BCUT2D eigenvalue weighted by Crippen LogP contribution is -2.23. The number of hydrogen-bond donors (Lipinski definition) is 1. The van der Waals surface area contributed by atoms with E-state index in [2.05, 4.69) is 11.8 Å². The Balaban J connectivity index is 1.64. The SMILES string of the molecule is Cc1cc(C#Cc2cccs2)ccc1-n1c(/C=C/c2cc(C)c(O)c(C)c2)nc2ccccc2c1=O. The second kappa shape index (κ2) is 9.69. The van der Waals surface area contributed by atoms with Crippen LogP contribution in [0.2, 0.25) is 0 Å². The van der Waals surface area contributed by atoms with Gasteiger partial charge in [0.2, 0.25) is 0 Å². The lowest BCUT2D eigenvalue weighted by atomic mass is 10.1. The number of fused-ring (bicyclic) bond motifs is 1. The standard InChI is InChI=1S/C31H24N2O2S/c1-20-17-23(10-13-25-7-6-16-36-25)11-14-28(20)33-29(32-27-9-5-4-8-26(27)31(33)35)15-12-24-18-21(2)30(34)22(3)19-24/h4-9,11-12,14-19,34H,1-3H3/b15-12+. The zero-order valence-electron chi connectivity index (χ0n) is 20.2. The molecule has 0 saturated heterocycles. The first-order chi connectivity index (χ1) is 17.4. The zero-order valence-corrected chi connectivity index (χ0v) is 21.1. The number of thiophene rings is 1. The molecule has 1 N–H and O–H groups in total. The third kappa shape index (κ3) is 4.59. The third-order valence-electron chi connectivity index (χ3n) is 6.03. The molecule has 0 aliphatic carbocycles. The summed E-state index contributed by atoms with van der Waals surface area (Å²) in [6, 6.07) is 21.0. The van der Waals surface area contributed by atoms with Crippen molar-refractivity contribution in [3.05, 3.63) is 121 Å². The number of para-hydroxylation sites is 1. The Labute approximate surface area is 213 Å². The molecule has 176 valence electrons. The Morgan fingerprint density at radius 1 is 0.889 bits per heavy atom. The van der Waals surface area contributed by atoms with Gasteiger partial charge in [-0.25, -0.2) is 4.98 Å². The van der Waals surface area contributed by atoms with Crippen molar-refractivity contribution in [2.75, 3.05) is 0 Å². The number of aryl methyl sites for hydroxylation is 3. The van der Waals surface area contributed by atoms with Gasteiger partial charge in [0, 0.05) is 5.56 Å². The molecule has 0 aliphatic rings. The fraction of sp³-hybridized carbons (Fsp3) is 0.0968. The Kier molecular flexibility index (Phi) is 6.28. The van der Waals surface area contributed by atoms with Crippen molar-refractivity contribution in [2.45, 2.75) is 20.8 Å². The van der Waals surface area contributed by atoms with Crippen LogP contribution in [-0.4, -0.2) is 14.7 Å². The number of hydrogen-bond acceptors (Lipinski definition) is 4. The Morgan fingerprint density at radius 3 is 2.39 bits per heavy atom. The van der Waals surface area contributed by atoms with Crippen molar-refractivity contribution >= 4 is 34.4 Å². The van der Waals surface area contributed by atoms with Crippen molar-refractivity contribution in [3.63, 3.8) is 0 Å². The Morgan fingerprint density at radius 2 is 1.67 bits per heavy atom. The zero-order chi connectivity index (χ0) is 25.2. The molecule has 5 aromatic rings. The van der Waals surface area contributed by atoms with Crippen LogP contribution in [-0.2, 0) is 0 Å². The van der Waals surface area contributed by atoms with Crippen molar-refractivity contribution in [2.24, 2.45) is 0 Å². The van der Waals surface area contributed by atoms with Gasteiger partial charge in [0.25, 0.3) is 5.56 Å². The molecule has 3 aromatic carbocycles. The third-order valence-corrected chi connectivity index (χ3v) is 6.81. The summed E-state index contributed by atoms with van der Waals surface area (Å²) in [6.07, 6.45) is 3.77. The largest absolute Gasteiger partial charge is 0.507 e. The van der Waals surface area contributed by atoms with E-state index in [1.54, 1.807) is 22.0 Å². The summed E-state index contributed by atoms with van der Waals surface area (Å²) >= 11 is 1.61. The van der Waals surface area contributed by atoms with Gasteiger partial charge in [-0.3, -0.25) is 9.36 Å². The van der Waals surface area contributed by atoms with E-state index in [-0.39, 0.29) is 5.56 Å². The van der Waals surface area contributed by atoms with Gasteiger partial charge >= 0.3 is 0 Å².